The summed E-state index contributed by atoms with van der Waals surface area (Å²) in [5.74, 6) is 0. The monoisotopic (exact) mass is 427 g/mol. The maximum atomic E-state index is 5.17. The molecule has 0 amide bonds. The highest BCUT2D eigenvalue weighted by Gasteiger charge is 2.58. The molecule has 1 heterocycles. The normalized spacial score (nSPS) is 21.6. The van der Waals surface area contributed by atoms with Gasteiger partial charge in [0.15, 0.2) is 0 Å². The van der Waals surface area contributed by atoms with E-state index in [2.05, 4.69) is 85.9 Å². The summed E-state index contributed by atoms with van der Waals surface area (Å²) in [6.45, 7) is 18.5. The van der Waals surface area contributed by atoms with Crippen molar-refractivity contribution in [3.63, 3.8) is 0 Å². The predicted octanol–water partition coefficient (Wildman–Crippen LogP) is 7.54. The van der Waals surface area contributed by atoms with Gasteiger partial charge >= 0.3 is 0 Å². The molecule has 2 aromatic rings. The van der Waals surface area contributed by atoms with Gasteiger partial charge in [0.2, 0.25) is 0 Å². The summed E-state index contributed by atoms with van der Waals surface area (Å²) in [6.07, 6.45) is 7.63. The Hall–Kier alpha value is -0.740. The predicted molar refractivity (Wildman–Crippen MR) is 136 cm³/mol. The maximum Gasteiger partial charge on any atom is 0.0906 e. The highest BCUT2D eigenvalue weighted by Crippen LogP contribution is 2.84. The van der Waals surface area contributed by atoms with E-state index in [1.54, 1.807) is 0 Å². The molecule has 0 radical (unpaired) electrons. The largest absolute Gasteiger partial charge is 0.159 e. The van der Waals surface area contributed by atoms with E-state index in [4.69, 9.17) is 13.3 Å². The maximum absolute atomic E-state index is 5.17. The zero-order chi connectivity index (χ0) is 20.9. The Labute approximate surface area is 181 Å². The second-order valence-corrected chi connectivity index (χ2v) is 15.6. The van der Waals surface area contributed by atoms with Gasteiger partial charge in [-0.25, -0.2) is 0 Å². The van der Waals surface area contributed by atoms with Crippen LogP contribution >= 0.6 is 14.8 Å². The molecule has 3 heteroatoms. The van der Waals surface area contributed by atoms with Crippen molar-refractivity contribution in [1.29, 1.82) is 0 Å². The third-order valence-electron chi connectivity index (χ3n) is 6.94. The van der Waals surface area contributed by atoms with Gasteiger partial charge in [0.05, 0.1) is 35.9 Å². The molecule has 2 atom stereocenters. The summed E-state index contributed by atoms with van der Waals surface area (Å²) >= 11 is 0. The molecule has 0 spiro atoms. The fourth-order valence-electron chi connectivity index (χ4n) is 5.25. The van der Waals surface area contributed by atoms with Gasteiger partial charge in [0.1, 0.15) is 0 Å². The second-order valence-electron chi connectivity index (χ2n) is 8.48. The Morgan fingerprint density at radius 2 is 1.31 bits per heavy atom. The van der Waals surface area contributed by atoms with Crippen LogP contribution in [0.25, 0.3) is 0 Å². The van der Waals surface area contributed by atoms with Crippen LogP contribution in [0, 0.1) is 13.3 Å². The molecule has 0 N–H and O–H groups in total. The molecule has 0 aromatic heterocycles. The number of hydrogen-bond donors (Lipinski definition) is 0. The SMILES string of the molecule is [CH2-][P+](c1ccccc1)(c1ccccc1)N(CCCC)[P+]1([CH2-])[C@H](CC)CC[C@H]1CC. The van der Waals surface area contributed by atoms with Crippen molar-refractivity contribution in [3.8, 4) is 0 Å². The Balaban J connectivity index is 2.22. The van der Waals surface area contributed by atoms with Gasteiger partial charge in [-0.2, -0.15) is 6.66 Å². The first-order valence-corrected chi connectivity index (χ1v) is 15.4. The van der Waals surface area contributed by atoms with E-state index in [-0.39, 0.29) is 0 Å². The number of rotatable bonds is 9. The summed E-state index contributed by atoms with van der Waals surface area (Å²) in [5.41, 5.74) is 1.50. The average molecular weight is 428 g/mol. The minimum absolute atomic E-state index is 0.748. The van der Waals surface area contributed by atoms with Crippen molar-refractivity contribution in [1.82, 2.24) is 4.44 Å². The lowest BCUT2D eigenvalue weighted by molar-refractivity contribution is 0.614. The van der Waals surface area contributed by atoms with Crippen LogP contribution in [0.15, 0.2) is 60.7 Å². The lowest BCUT2D eigenvalue weighted by atomic mass is 10.1. The third-order valence-corrected chi connectivity index (χ3v) is 17.0. The highest BCUT2D eigenvalue weighted by atomic mass is 31.2. The van der Waals surface area contributed by atoms with E-state index >= 15 is 0 Å². The molecular formula is C26H39NP2. The van der Waals surface area contributed by atoms with Crippen LogP contribution < -0.4 is 10.6 Å². The van der Waals surface area contributed by atoms with Crippen LogP contribution in [-0.4, -0.2) is 22.3 Å². The first-order valence-electron chi connectivity index (χ1n) is 11.4. The molecule has 1 nitrogen and oxygen atoms in total. The number of nitrogens with zero attached hydrogens (tertiary/aromatic N) is 1. The topological polar surface area (TPSA) is 3.24 Å². The van der Waals surface area contributed by atoms with Crippen molar-refractivity contribution in [2.45, 2.75) is 70.6 Å². The molecule has 0 aliphatic carbocycles. The van der Waals surface area contributed by atoms with Gasteiger partial charge in [-0.3, -0.25) is 0 Å². The van der Waals surface area contributed by atoms with Crippen molar-refractivity contribution >= 4 is 25.4 Å². The molecule has 0 saturated carbocycles. The summed E-state index contributed by atoms with van der Waals surface area (Å²) in [4.78, 5) is 0. The van der Waals surface area contributed by atoms with Crippen LogP contribution in [0.2, 0.25) is 0 Å². The Morgan fingerprint density at radius 3 is 1.69 bits per heavy atom. The van der Waals surface area contributed by atoms with Crippen LogP contribution in [0.3, 0.4) is 0 Å². The average Bonchev–Trinajstić information content (AvgIpc) is 3.10. The molecular weight excluding hydrogens is 388 g/mol. The van der Waals surface area contributed by atoms with E-state index in [0.29, 0.717) is 0 Å². The molecule has 3 rings (SSSR count). The molecule has 2 aromatic carbocycles. The van der Waals surface area contributed by atoms with E-state index < -0.39 is 14.8 Å². The van der Waals surface area contributed by atoms with Crippen molar-refractivity contribution in [2.75, 3.05) is 6.54 Å². The molecule has 0 unspecified atom stereocenters. The smallest absolute Gasteiger partial charge is 0.0906 e. The van der Waals surface area contributed by atoms with Gasteiger partial charge in [-0.15, -0.1) is 11.1 Å². The van der Waals surface area contributed by atoms with Gasteiger partial charge in [-0.05, 0) is 63.8 Å². The molecule has 1 aliphatic heterocycles. The van der Waals surface area contributed by atoms with Crippen molar-refractivity contribution in [3.05, 3.63) is 74.0 Å². The first-order chi connectivity index (χ1) is 14.0. The van der Waals surface area contributed by atoms with Crippen LogP contribution in [-0.2, 0) is 0 Å². The quantitative estimate of drug-likeness (QED) is 0.295. The number of hydrogen-bond acceptors (Lipinski definition) is 1. The fourth-order valence-corrected chi connectivity index (χ4v) is 16.0. The summed E-state index contributed by atoms with van der Waals surface area (Å²) in [5, 5.41) is 2.81. The Bertz CT molecular complexity index is 694. The standard InChI is InChI=1S/C26H39NP2/c1-6-9-22-27(28(4)23(7-2)20-21-24(28)8-3)29(5,25-16-12-10-13-17-25)26-18-14-11-15-19-26/h10-19,23-24H,4-9,20-22H2,1-3H3/t23-,24-/m1/s1. The van der Waals surface area contributed by atoms with Crippen LogP contribution in [0.4, 0.5) is 0 Å². The van der Waals surface area contributed by atoms with Gasteiger partial charge in [-0.1, -0.05) is 63.6 Å². The molecule has 158 valence electrons. The minimum Gasteiger partial charge on any atom is -0.159 e. The molecule has 1 saturated heterocycles. The van der Waals surface area contributed by atoms with E-state index in [9.17, 15) is 0 Å². The van der Waals surface area contributed by atoms with Crippen LogP contribution in [0.1, 0.15) is 59.3 Å². The zero-order valence-electron chi connectivity index (χ0n) is 18.6. The van der Waals surface area contributed by atoms with Crippen molar-refractivity contribution < 1.29 is 0 Å². The van der Waals surface area contributed by atoms with Crippen LogP contribution in [0.5, 0.6) is 0 Å². The van der Waals surface area contributed by atoms with Gasteiger partial charge in [0, 0.05) is 0 Å². The molecule has 1 fully saturated rings. The summed E-state index contributed by atoms with van der Waals surface area (Å²) < 4.78 is 2.93. The number of unbranched alkanes of at least 4 members (excludes halogenated alkanes) is 1. The Kier molecular flexibility index (Phi) is 7.94. The molecule has 29 heavy (non-hydrogen) atoms. The lowest BCUT2D eigenvalue weighted by Gasteiger charge is -2.51. The Morgan fingerprint density at radius 1 is 0.862 bits per heavy atom. The van der Waals surface area contributed by atoms with Gasteiger partial charge in [0.25, 0.3) is 0 Å². The third kappa shape index (κ3) is 4.21. The minimum atomic E-state index is -1.96. The first kappa shape index (κ1) is 22.9. The lowest BCUT2D eigenvalue weighted by Crippen LogP contribution is -2.39. The van der Waals surface area contributed by atoms with E-state index in [0.717, 1.165) is 17.9 Å². The fraction of sp³-hybridized carbons (Fsp3) is 0.462. The molecule has 0 bridgehead atoms. The summed E-state index contributed by atoms with van der Waals surface area (Å²) in [7, 11) is -3.52. The number of benzene rings is 2. The zero-order valence-corrected chi connectivity index (χ0v) is 20.4. The van der Waals surface area contributed by atoms with Crippen molar-refractivity contribution in [2.24, 2.45) is 0 Å². The summed E-state index contributed by atoms with van der Waals surface area (Å²) in [6, 6.07) is 22.3. The van der Waals surface area contributed by atoms with E-state index in [1.807, 2.05) is 0 Å². The van der Waals surface area contributed by atoms with Gasteiger partial charge < -0.3 is 0 Å². The second kappa shape index (κ2) is 10.0. The van der Waals surface area contributed by atoms with E-state index in [1.165, 1.54) is 49.1 Å². The molecule has 1 aliphatic rings. The highest BCUT2D eigenvalue weighted by molar-refractivity contribution is 7.97.